The summed E-state index contributed by atoms with van der Waals surface area (Å²) >= 11 is 0. The van der Waals surface area contributed by atoms with Crippen molar-refractivity contribution in [3.8, 4) is 17.5 Å². The summed E-state index contributed by atoms with van der Waals surface area (Å²) in [5.41, 5.74) is 7.81. The monoisotopic (exact) mass is 476 g/mol. The lowest BCUT2D eigenvalue weighted by Gasteiger charge is -2.21. The Morgan fingerprint density at radius 2 is 1.94 bits per heavy atom. The number of anilines is 1. The van der Waals surface area contributed by atoms with Crippen molar-refractivity contribution in [2.24, 2.45) is 0 Å². The van der Waals surface area contributed by atoms with Crippen molar-refractivity contribution in [1.29, 1.82) is 0 Å². The molecule has 0 aliphatic rings. The van der Waals surface area contributed by atoms with Gasteiger partial charge in [-0.05, 0) is 48.6 Å². The van der Waals surface area contributed by atoms with Crippen LogP contribution in [0, 0.1) is 11.8 Å². The van der Waals surface area contributed by atoms with Crippen LogP contribution in [0.1, 0.15) is 34.6 Å². The summed E-state index contributed by atoms with van der Waals surface area (Å²) in [6.07, 6.45) is 3.69. The lowest BCUT2D eigenvalue weighted by molar-refractivity contribution is -0.103. The average molecular weight is 476 g/mol. The summed E-state index contributed by atoms with van der Waals surface area (Å²) < 4.78 is 2.98. The molecule has 1 unspecified atom stereocenters. The van der Waals surface area contributed by atoms with Crippen LogP contribution >= 0.6 is 0 Å². The van der Waals surface area contributed by atoms with E-state index in [1.165, 1.54) is 9.08 Å². The minimum atomic E-state index is -0.599. The Kier molecular flexibility index (Phi) is 5.76. The number of rotatable bonds is 4. The number of hydrogen-bond donors (Lipinski definition) is 2. The van der Waals surface area contributed by atoms with Crippen molar-refractivity contribution in [1.82, 2.24) is 24.5 Å². The molecule has 3 heterocycles. The third-order valence-corrected chi connectivity index (χ3v) is 5.80. The third-order valence-electron chi connectivity index (χ3n) is 5.80. The molecule has 0 fully saturated rings. The molecule has 2 aromatic carbocycles. The molecule has 176 valence electrons. The number of fused-ring (bicyclic) bond motifs is 2. The van der Waals surface area contributed by atoms with E-state index in [-0.39, 0.29) is 16.9 Å². The fraction of sp³-hybridized carbons (Fsp3) is 0.0741. The number of pyridine rings is 1. The second-order valence-electron chi connectivity index (χ2n) is 8.05. The van der Waals surface area contributed by atoms with Crippen LogP contribution in [0.25, 0.3) is 22.1 Å². The number of para-hydroxylation sites is 1. The molecule has 0 saturated carbocycles. The standard InChI is InChI=1S/C27H20N6O3/c1-17(30-26(35)23-24(28)31-32-14-7-13-29-25(23)32)21-16-19-9-5-8-18(10-6-15-34)22(19)27(36)33(21)20-11-3-2-4-12-20/h2-5,7-9,11-17H,1H3,(H2,28,31)(H,30,35). The lowest BCUT2D eigenvalue weighted by Crippen LogP contribution is -2.32. The van der Waals surface area contributed by atoms with Gasteiger partial charge in [-0.25, -0.2) is 9.50 Å². The molecule has 1 atom stereocenters. The fourth-order valence-corrected chi connectivity index (χ4v) is 4.22. The first-order valence-corrected chi connectivity index (χ1v) is 11.1. The molecule has 9 nitrogen and oxygen atoms in total. The van der Waals surface area contributed by atoms with Crippen LogP contribution in [-0.4, -0.2) is 31.4 Å². The van der Waals surface area contributed by atoms with E-state index in [0.29, 0.717) is 39.7 Å². The molecule has 5 rings (SSSR count). The normalized spacial score (nSPS) is 11.6. The summed E-state index contributed by atoms with van der Waals surface area (Å²) in [5, 5.41) is 8.10. The maximum absolute atomic E-state index is 13.8. The smallest absolute Gasteiger partial charge is 0.264 e. The summed E-state index contributed by atoms with van der Waals surface area (Å²) in [4.78, 5) is 42.1. The summed E-state index contributed by atoms with van der Waals surface area (Å²) in [5.74, 6) is 4.71. The van der Waals surface area contributed by atoms with Gasteiger partial charge in [-0.15, -0.1) is 5.10 Å². The summed E-state index contributed by atoms with van der Waals surface area (Å²) in [6, 6.07) is 17.3. The maximum atomic E-state index is 13.8. The average Bonchev–Trinajstić information content (AvgIpc) is 3.23. The van der Waals surface area contributed by atoms with E-state index in [2.05, 4.69) is 27.2 Å². The molecular weight excluding hydrogens is 456 g/mol. The molecule has 0 saturated heterocycles. The van der Waals surface area contributed by atoms with Gasteiger partial charge in [0.1, 0.15) is 5.56 Å². The van der Waals surface area contributed by atoms with E-state index in [9.17, 15) is 14.4 Å². The highest BCUT2D eigenvalue weighted by atomic mass is 16.2. The molecule has 5 aromatic rings. The van der Waals surface area contributed by atoms with Gasteiger partial charge in [0, 0.05) is 29.3 Å². The van der Waals surface area contributed by atoms with Gasteiger partial charge in [0.2, 0.25) is 0 Å². The van der Waals surface area contributed by atoms with Crippen molar-refractivity contribution in [2.45, 2.75) is 13.0 Å². The molecule has 9 heteroatoms. The zero-order valence-electron chi connectivity index (χ0n) is 19.2. The van der Waals surface area contributed by atoms with Crippen LogP contribution in [0.15, 0.2) is 77.9 Å². The Morgan fingerprint density at radius 3 is 2.72 bits per heavy atom. The minimum Gasteiger partial charge on any atom is -0.381 e. The number of nitrogens with two attached hydrogens (primary N) is 1. The van der Waals surface area contributed by atoms with Gasteiger partial charge >= 0.3 is 0 Å². The number of amides is 1. The van der Waals surface area contributed by atoms with E-state index >= 15 is 0 Å². The first kappa shape index (κ1) is 22.6. The number of nitrogen functional groups attached to an aromatic ring is 1. The van der Waals surface area contributed by atoms with Gasteiger partial charge in [0.25, 0.3) is 11.5 Å². The highest BCUT2D eigenvalue weighted by molar-refractivity contribution is 6.04. The first-order valence-electron chi connectivity index (χ1n) is 11.1. The Balaban J connectivity index is 1.66. The van der Waals surface area contributed by atoms with Crippen LogP contribution in [-0.2, 0) is 4.79 Å². The van der Waals surface area contributed by atoms with E-state index < -0.39 is 11.9 Å². The molecule has 36 heavy (non-hydrogen) atoms. The van der Waals surface area contributed by atoms with E-state index in [1.54, 1.807) is 55.7 Å². The van der Waals surface area contributed by atoms with Gasteiger partial charge < -0.3 is 11.1 Å². The van der Waals surface area contributed by atoms with E-state index in [1.807, 2.05) is 24.3 Å². The van der Waals surface area contributed by atoms with E-state index in [0.717, 1.165) is 0 Å². The van der Waals surface area contributed by atoms with Crippen molar-refractivity contribution < 1.29 is 9.59 Å². The Hall–Kier alpha value is -5.23. The number of aromatic nitrogens is 4. The second kappa shape index (κ2) is 9.19. The molecule has 0 radical (unpaired) electrons. The SMILES string of the molecule is CC(NC(=O)c1c(N)nn2cccnc12)c1cc2cccc(C#CC=O)c2c(=O)n1-c1ccccc1. The number of carbonyl (C=O) groups is 2. The second-order valence-corrected chi connectivity index (χ2v) is 8.05. The Morgan fingerprint density at radius 1 is 1.14 bits per heavy atom. The minimum absolute atomic E-state index is 0.0516. The predicted molar refractivity (Wildman–Crippen MR) is 136 cm³/mol. The Labute approximate surface area is 205 Å². The number of nitrogens with zero attached hydrogens (tertiary/aromatic N) is 4. The summed E-state index contributed by atoms with van der Waals surface area (Å²) in [6.45, 7) is 1.78. The van der Waals surface area contributed by atoms with Gasteiger partial charge in [-0.1, -0.05) is 36.3 Å². The highest BCUT2D eigenvalue weighted by Gasteiger charge is 2.23. The van der Waals surface area contributed by atoms with Crippen molar-refractivity contribution in [3.05, 3.63) is 100 Å². The fourth-order valence-electron chi connectivity index (χ4n) is 4.22. The number of benzene rings is 2. The van der Waals surface area contributed by atoms with Gasteiger partial charge in [0.05, 0.1) is 11.4 Å². The van der Waals surface area contributed by atoms with Crippen molar-refractivity contribution >= 4 is 34.4 Å². The maximum Gasteiger partial charge on any atom is 0.264 e. The molecule has 0 aliphatic heterocycles. The molecule has 1 amide bonds. The van der Waals surface area contributed by atoms with Crippen LogP contribution in [0.2, 0.25) is 0 Å². The topological polar surface area (TPSA) is 124 Å². The van der Waals surface area contributed by atoms with E-state index in [4.69, 9.17) is 5.73 Å². The van der Waals surface area contributed by atoms with Crippen molar-refractivity contribution in [3.63, 3.8) is 0 Å². The van der Waals surface area contributed by atoms with Gasteiger partial charge in [-0.3, -0.25) is 19.0 Å². The zero-order chi connectivity index (χ0) is 25.2. The predicted octanol–water partition coefficient (Wildman–Crippen LogP) is 2.66. The first-order chi connectivity index (χ1) is 17.5. The van der Waals surface area contributed by atoms with Crippen molar-refractivity contribution in [2.75, 3.05) is 5.73 Å². The van der Waals surface area contributed by atoms with Crippen LogP contribution in [0.4, 0.5) is 5.82 Å². The number of nitrogens with one attached hydrogen (secondary N) is 1. The molecule has 0 bridgehead atoms. The Bertz CT molecular complexity index is 1760. The number of hydrogen-bond acceptors (Lipinski definition) is 6. The van der Waals surface area contributed by atoms with Gasteiger partial charge in [0.15, 0.2) is 17.8 Å². The number of aldehydes is 1. The largest absolute Gasteiger partial charge is 0.381 e. The number of carbonyl (C=O) groups excluding carboxylic acids is 2. The molecule has 3 N–H and O–H groups in total. The molecule has 0 spiro atoms. The van der Waals surface area contributed by atoms with Crippen LogP contribution < -0.4 is 16.6 Å². The third kappa shape index (κ3) is 3.86. The van der Waals surface area contributed by atoms with Crippen LogP contribution in [0.5, 0.6) is 0 Å². The molecular formula is C27H20N6O3. The highest BCUT2D eigenvalue weighted by Crippen LogP contribution is 2.24. The lowest BCUT2D eigenvalue weighted by atomic mass is 10.0. The zero-order valence-corrected chi connectivity index (χ0v) is 19.2. The quantitative estimate of drug-likeness (QED) is 0.304. The summed E-state index contributed by atoms with van der Waals surface area (Å²) in [7, 11) is 0. The van der Waals surface area contributed by atoms with Gasteiger partial charge in [-0.2, -0.15) is 0 Å². The van der Waals surface area contributed by atoms with Crippen LogP contribution in [0.3, 0.4) is 0 Å². The molecule has 3 aromatic heterocycles. The molecule has 0 aliphatic carbocycles.